The van der Waals surface area contributed by atoms with E-state index in [1.54, 1.807) is 20.8 Å². The van der Waals surface area contributed by atoms with E-state index in [0.717, 1.165) is 11.3 Å². The maximum absolute atomic E-state index is 12.0. The first kappa shape index (κ1) is 21.8. The number of hydrogen-bond acceptors (Lipinski definition) is 5. The maximum atomic E-state index is 12.0. The second-order valence-electron chi connectivity index (χ2n) is 8.42. The number of ether oxygens (including phenoxy) is 3. The summed E-state index contributed by atoms with van der Waals surface area (Å²) in [5, 5.41) is 2.57. The molecule has 0 fully saturated rings. The molecule has 1 unspecified atom stereocenters. The Kier molecular flexibility index (Phi) is 7.48. The molecule has 1 rings (SSSR count). The Labute approximate surface area is 156 Å². The number of hydrogen-bond donors (Lipinski definition) is 1. The Bertz CT molecular complexity index is 596. The van der Waals surface area contributed by atoms with E-state index in [0.29, 0.717) is 13.0 Å². The van der Waals surface area contributed by atoms with Gasteiger partial charge in [0, 0.05) is 6.42 Å². The van der Waals surface area contributed by atoms with Crippen LogP contribution in [0.15, 0.2) is 24.3 Å². The molecule has 0 saturated carbocycles. The maximum Gasteiger partial charge on any atom is 0.408 e. The van der Waals surface area contributed by atoms with Crippen LogP contribution >= 0.6 is 0 Å². The predicted octanol–water partition coefficient (Wildman–Crippen LogP) is 3.72. The number of nitrogens with one attached hydrogen (secondary N) is 1. The summed E-state index contributed by atoms with van der Waals surface area (Å²) >= 11 is 0. The van der Waals surface area contributed by atoms with Crippen molar-refractivity contribution in [3.8, 4) is 5.75 Å². The quantitative estimate of drug-likeness (QED) is 0.778. The summed E-state index contributed by atoms with van der Waals surface area (Å²) in [5.41, 5.74) is 0.308. The molecule has 0 radical (unpaired) electrons. The van der Waals surface area contributed by atoms with Crippen LogP contribution in [-0.4, -0.2) is 37.4 Å². The van der Waals surface area contributed by atoms with E-state index in [1.807, 2.05) is 24.3 Å². The molecular formula is C20H31NO5. The summed E-state index contributed by atoms with van der Waals surface area (Å²) in [4.78, 5) is 23.9. The average Bonchev–Trinajstić information content (AvgIpc) is 2.50. The number of alkyl carbamates (subject to hydrolysis) is 1. The summed E-state index contributed by atoms with van der Waals surface area (Å²) in [5.74, 6) is 0.238. The standard InChI is InChI=1S/C20H31NO5/c1-19(2,3)13-25-15-10-8-14(9-11-15)12-16(17(22)24-7)21-18(23)26-20(4,5)6/h8-11,16H,12-13H2,1-7H3,(H,21,23). The molecular weight excluding hydrogens is 334 g/mol. The normalized spacial score (nSPS) is 12.9. The van der Waals surface area contributed by atoms with Crippen LogP contribution in [0.1, 0.15) is 47.1 Å². The van der Waals surface area contributed by atoms with Crippen LogP contribution in [0.4, 0.5) is 4.79 Å². The smallest absolute Gasteiger partial charge is 0.408 e. The summed E-state index contributed by atoms with van der Waals surface area (Å²) < 4.78 is 15.7. The first-order valence-electron chi connectivity index (χ1n) is 8.69. The lowest BCUT2D eigenvalue weighted by atomic mass is 9.99. The number of amides is 1. The summed E-state index contributed by atoms with van der Waals surface area (Å²) in [6.07, 6.45) is -0.358. The van der Waals surface area contributed by atoms with E-state index in [1.165, 1.54) is 7.11 Å². The minimum Gasteiger partial charge on any atom is -0.493 e. The van der Waals surface area contributed by atoms with Crippen molar-refractivity contribution < 1.29 is 23.8 Å². The zero-order valence-electron chi connectivity index (χ0n) is 16.8. The minimum absolute atomic E-state index is 0.0754. The lowest BCUT2D eigenvalue weighted by molar-refractivity contribution is -0.143. The van der Waals surface area contributed by atoms with Gasteiger partial charge < -0.3 is 19.5 Å². The summed E-state index contributed by atoms with van der Waals surface area (Å²) in [7, 11) is 1.29. The van der Waals surface area contributed by atoms with Gasteiger partial charge in [0.15, 0.2) is 0 Å². The SMILES string of the molecule is COC(=O)C(Cc1ccc(OCC(C)(C)C)cc1)NC(=O)OC(C)(C)C. The second kappa shape index (κ2) is 8.92. The molecule has 0 aromatic heterocycles. The second-order valence-corrected chi connectivity index (χ2v) is 8.42. The molecule has 1 amide bonds. The number of carbonyl (C=O) groups excluding carboxylic acids is 2. The van der Waals surface area contributed by atoms with Crippen LogP contribution in [0.3, 0.4) is 0 Å². The molecule has 6 heteroatoms. The van der Waals surface area contributed by atoms with Crippen molar-refractivity contribution in [3.05, 3.63) is 29.8 Å². The van der Waals surface area contributed by atoms with Crippen LogP contribution in [0.2, 0.25) is 0 Å². The highest BCUT2D eigenvalue weighted by atomic mass is 16.6. The van der Waals surface area contributed by atoms with Gasteiger partial charge in [-0.15, -0.1) is 0 Å². The van der Waals surface area contributed by atoms with Crippen molar-refractivity contribution in [2.45, 2.75) is 59.6 Å². The van der Waals surface area contributed by atoms with E-state index in [9.17, 15) is 9.59 Å². The first-order valence-corrected chi connectivity index (χ1v) is 8.69. The van der Waals surface area contributed by atoms with Gasteiger partial charge in [-0.1, -0.05) is 32.9 Å². The van der Waals surface area contributed by atoms with Gasteiger partial charge in [-0.2, -0.15) is 0 Å². The van der Waals surface area contributed by atoms with E-state index < -0.39 is 23.7 Å². The predicted molar refractivity (Wildman–Crippen MR) is 100 cm³/mol. The minimum atomic E-state index is -0.823. The Morgan fingerprint density at radius 2 is 1.62 bits per heavy atom. The molecule has 146 valence electrons. The number of methoxy groups -OCH3 is 1. The van der Waals surface area contributed by atoms with Gasteiger partial charge in [0.05, 0.1) is 13.7 Å². The Hall–Kier alpha value is -2.24. The van der Waals surface area contributed by atoms with Gasteiger partial charge in [-0.05, 0) is 43.9 Å². The average molecular weight is 365 g/mol. The number of carbonyl (C=O) groups is 2. The zero-order valence-corrected chi connectivity index (χ0v) is 16.8. The highest BCUT2D eigenvalue weighted by Gasteiger charge is 2.25. The summed E-state index contributed by atoms with van der Waals surface area (Å²) in [6.45, 7) is 12.2. The van der Waals surface area contributed by atoms with Gasteiger partial charge in [0.2, 0.25) is 0 Å². The van der Waals surface area contributed by atoms with Crippen LogP contribution < -0.4 is 10.1 Å². The van der Waals surface area contributed by atoms with E-state index in [4.69, 9.17) is 14.2 Å². The monoisotopic (exact) mass is 365 g/mol. The van der Waals surface area contributed by atoms with Gasteiger partial charge in [-0.25, -0.2) is 9.59 Å². The van der Waals surface area contributed by atoms with Crippen LogP contribution in [0, 0.1) is 5.41 Å². The molecule has 0 aliphatic carbocycles. The topological polar surface area (TPSA) is 73.9 Å². The van der Waals surface area contributed by atoms with Crippen LogP contribution in [-0.2, 0) is 20.7 Å². The largest absolute Gasteiger partial charge is 0.493 e. The van der Waals surface area contributed by atoms with Crippen LogP contribution in [0.25, 0.3) is 0 Å². The summed E-state index contributed by atoms with van der Waals surface area (Å²) in [6, 6.07) is 6.61. The van der Waals surface area contributed by atoms with E-state index in [2.05, 4.69) is 26.1 Å². The molecule has 1 aromatic rings. The fourth-order valence-electron chi connectivity index (χ4n) is 2.04. The Morgan fingerprint density at radius 3 is 2.08 bits per heavy atom. The highest BCUT2D eigenvalue weighted by molar-refractivity contribution is 5.81. The zero-order chi connectivity index (χ0) is 20.0. The van der Waals surface area contributed by atoms with Gasteiger partial charge in [-0.3, -0.25) is 0 Å². The fourth-order valence-corrected chi connectivity index (χ4v) is 2.04. The lowest BCUT2D eigenvalue weighted by Crippen LogP contribution is -2.45. The third-order valence-corrected chi connectivity index (χ3v) is 3.21. The molecule has 0 aliphatic rings. The Balaban J connectivity index is 2.73. The molecule has 1 N–H and O–H groups in total. The molecule has 0 saturated heterocycles. The van der Waals surface area contributed by atoms with Crippen molar-refractivity contribution in [1.29, 1.82) is 0 Å². The van der Waals surface area contributed by atoms with Crippen molar-refractivity contribution in [2.24, 2.45) is 5.41 Å². The molecule has 1 atom stereocenters. The van der Waals surface area contributed by atoms with Crippen LogP contribution in [0.5, 0.6) is 5.75 Å². The fraction of sp³-hybridized carbons (Fsp3) is 0.600. The van der Waals surface area contributed by atoms with Crippen molar-refractivity contribution in [3.63, 3.8) is 0 Å². The molecule has 0 bridgehead atoms. The van der Waals surface area contributed by atoms with Gasteiger partial charge in [0.1, 0.15) is 17.4 Å². The third kappa shape index (κ3) is 8.74. The first-order chi connectivity index (χ1) is 11.9. The number of esters is 1. The van der Waals surface area contributed by atoms with Gasteiger partial charge >= 0.3 is 12.1 Å². The van der Waals surface area contributed by atoms with Gasteiger partial charge in [0.25, 0.3) is 0 Å². The highest BCUT2D eigenvalue weighted by Crippen LogP contribution is 2.19. The van der Waals surface area contributed by atoms with Crippen molar-refractivity contribution in [1.82, 2.24) is 5.32 Å². The number of benzene rings is 1. The molecule has 6 nitrogen and oxygen atoms in total. The lowest BCUT2D eigenvalue weighted by Gasteiger charge is -2.22. The molecule has 1 aromatic carbocycles. The molecule has 26 heavy (non-hydrogen) atoms. The number of rotatable bonds is 6. The van der Waals surface area contributed by atoms with E-state index in [-0.39, 0.29) is 5.41 Å². The molecule has 0 aliphatic heterocycles. The Morgan fingerprint density at radius 1 is 1.04 bits per heavy atom. The van der Waals surface area contributed by atoms with Crippen molar-refractivity contribution >= 4 is 12.1 Å². The van der Waals surface area contributed by atoms with E-state index >= 15 is 0 Å². The third-order valence-electron chi connectivity index (χ3n) is 3.21. The van der Waals surface area contributed by atoms with Crippen molar-refractivity contribution in [2.75, 3.05) is 13.7 Å². The molecule has 0 heterocycles. The molecule has 0 spiro atoms.